The molecular weight excluding hydrogens is 288 g/mol. The Morgan fingerprint density at radius 2 is 2.19 bits per heavy atom. The van der Waals surface area contributed by atoms with Crippen molar-refractivity contribution in [3.05, 3.63) is 29.8 Å². The number of para-hydroxylation sites is 1. The highest BCUT2D eigenvalue weighted by Gasteiger charge is 2.52. The summed E-state index contributed by atoms with van der Waals surface area (Å²) in [6.45, 7) is 3.12. The van der Waals surface area contributed by atoms with Crippen molar-refractivity contribution in [2.75, 3.05) is 31.2 Å². The van der Waals surface area contributed by atoms with Crippen LogP contribution in [0.5, 0.6) is 0 Å². The lowest BCUT2D eigenvalue weighted by Gasteiger charge is -2.26. The maximum atomic E-state index is 12.6. The minimum Gasteiger partial charge on any atom is -0.378 e. The van der Waals surface area contributed by atoms with Gasteiger partial charge in [0.25, 0.3) is 0 Å². The number of nitrogens with one attached hydrogen (secondary N) is 1. The summed E-state index contributed by atoms with van der Waals surface area (Å²) in [5.41, 5.74) is 2.79. The Labute approximate surface area is 131 Å². The summed E-state index contributed by atoms with van der Waals surface area (Å²) < 4.78 is 5.44. The summed E-state index contributed by atoms with van der Waals surface area (Å²) in [5, 5.41) is 3.36. The third-order valence-electron chi connectivity index (χ3n) is 4.80. The minimum absolute atomic E-state index is 0. The third kappa shape index (κ3) is 2.56. The Balaban J connectivity index is 0.00000132. The summed E-state index contributed by atoms with van der Waals surface area (Å²) in [6.07, 6.45) is 2.97. The second kappa shape index (κ2) is 5.59. The van der Waals surface area contributed by atoms with E-state index >= 15 is 0 Å². The van der Waals surface area contributed by atoms with Crippen LogP contribution in [0.25, 0.3) is 0 Å². The monoisotopic (exact) mass is 308 g/mol. The summed E-state index contributed by atoms with van der Waals surface area (Å²) in [7, 11) is 0. The first kappa shape index (κ1) is 14.8. The smallest absolute Gasteiger partial charge is 0.228 e. The van der Waals surface area contributed by atoms with Crippen LogP contribution in [0.2, 0.25) is 0 Å². The molecule has 0 bridgehead atoms. The van der Waals surface area contributed by atoms with E-state index in [-0.39, 0.29) is 29.8 Å². The van der Waals surface area contributed by atoms with E-state index < -0.39 is 0 Å². The number of carbonyl (C=O) groups is 1. The van der Waals surface area contributed by atoms with Gasteiger partial charge >= 0.3 is 0 Å². The van der Waals surface area contributed by atoms with Gasteiger partial charge in [-0.2, -0.15) is 0 Å². The van der Waals surface area contributed by atoms with Crippen LogP contribution in [-0.2, 0) is 14.9 Å². The maximum absolute atomic E-state index is 12.6. The van der Waals surface area contributed by atoms with E-state index in [0.29, 0.717) is 13.0 Å². The van der Waals surface area contributed by atoms with Crippen molar-refractivity contribution >= 4 is 24.0 Å². The zero-order valence-electron chi connectivity index (χ0n) is 12.0. The van der Waals surface area contributed by atoms with Crippen LogP contribution >= 0.6 is 12.4 Å². The van der Waals surface area contributed by atoms with E-state index in [0.717, 1.165) is 25.4 Å². The number of hydrogen-bond donors (Lipinski definition) is 1. The molecule has 1 aromatic rings. The molecule has 2 fully saturated rings. The van der Waals surface area contributed by atoms with Gasteiger partial charge in [-0.25, -0.2) is 0 Å². The largest absolute Gasteiger partial charge is 0.378 e. The van der Waals surface area contributed by atoms with Crippen molar-refractivity contribution in [1.82, 2.24) is 5.32 Å². The molecule has 1 N–H and O–H groups in total. The van der Waals surface area contributed by atoms with Gasteiger partial charge in [0.05, 0.1) is 13.2 Å². The van der Waals surface area contributed by atoms with Crippen molar-refractivity contribution in [3.8, 4) is 0 Å². The summed E-state index contributed by atoms with van der Waals surface area (Å²) in [4.78, 5) is 14.6. The average molecular weight is 309 g/mol. The summed E-state index contributed by atoms with van der Waals surface area (Å²) in [6, 6.07) is 8.56. The van der Waals surface area contributed by atoms with E-state index in [2.05, 4.69) is 23.5 Å². The highest BCUT2D eigenvalue weighted by atomic mass is 35.5. The summed E-state index contributed by atoms with van der Waals surface area (Å²) >= 11 is 0. The average Bonchev–Trinajstić information content (AvgIpc) is 3.18. The van der Waals surface area contributed by atoms with Crippen molar-refractivity contribution < 1.29 is 9.53 Å². The number of fused-ring (bicyclic) bond motifs is 2. The molecule has 1 aromatic carbocycles. The molecule has 3 aliphatic rings. The standard InChI is InChI=1S/C16H20N2O2.ClH/c19-15(9-12-10-20-8-7-17-12)18-11-16(5-6-16)13-3-1-2-4-14(13)18;/h1-4,12,17H,5-11H2;1H. The lowest BCUT2D eigenvalue weighted by atomic mass is 9.99. The van der Waals surface area contributed by atoms with Crippen LogP contribution in [0.3, 0.4) is 0 Å². The Hall–Kier alpha value is -1.10. The molecule has 1 unspecified atom stereocenters. The van der Waals surface area contributed by atoms with Gasteiger partial charge < -0.3 is 15.0 Å². The molecular formula is C16H21ClN2O2. The first-order chi connectivity index (χ1) is 9.78. The topological polar surface area (TPSA) is 41.6 Å². The molecule has 2 heterocycles. The van der Waals surface area contributed by atoms with Crippen molar-refractivity contribution in [2.24, 2.45) is 0 Å². The maximum Gasteiger partial charge on any atom is 0.228 e. The molecule has 4 rings (SSSR count). The lowest BCUT2D eigenvalue weighted by Crippen LogP contribution is -2.45. The molecule has 0 radical (unpaired) electrons. The first-order valence-corrected chi connectivity index (χ1v) is 7.50. The SMILES string of the molecule is Cl.O=C(CC1COCCN1)N1CC2(CC2)c2ccccc21. The number of benzene rings is 1. The lowest BCUT2D eigenvalue weighted by molar-refractivity contribution is -0.119. The van der Waals surface area contributed by atoms with Crippen molar-refractivity contribution in [1.29, 1.82) is 0 Å². The number of anilines is 1. The van der Waals surface area contributed by atoms with Crippen molar-refractivity contribution in [3.63, 3.8) is 0 Å². The zero-order valence-corrected chi connectivity index (χ0v) is 12.8. The van der Waals surface area contributed by atoms with E-state index in [9.17, 15) is 4.79 Å². The minimum atomic E-state index is 0. The van der Waals surface area contributed by atoms with Crippen molar-refractivity contribution in [2.45, 2.75) is 30.7 Å². The van der Waals surface area contributed by atoms with Gasteiger partial charge in [-0.1, -0.05) is 18.2 Å². The normalized spacial score (nSPS) is 25.3. The van der Waals surface area contributed by atoms with Crippen LogP contribution in [-0.4, -0.2) is 38.3 Å². The van der Waals surface area contributed by atoms with Gasteiger partial charge in [-0.15, -0.1) is 12.4 Å². The number of halogens is 1. The van der Waals surface area contributed by atoms with E-state index in [4.69, 9.17) is 4.74 Å². The molecule has 1 saturated heterocycles. The quantitative estimate of drug-likeness (QED) is 0.907. The number of rotatable bonds is 2. The molecule has 1 spiro atoms. The predicted octanol–water partition coefficient (Wildman–Crippen LogP) is 1.87. The summed E-state index contributed by atoms with van der Waals surface area (Å²) in [5.74, 6) is 0.226. The number of amides is 1. The molecule has 1 atom stereocenters. The highest BCUT2D eigenvalue weighted by Crippen LogP contribution is 2.56. The van der Waals surface area contributed by atoms with Gasteiger partial charge in [0.15, 0.2) is 0 Å². The number of morpholine rings is 1. The molecule has 2 aliphatic heterocycles. The van der Waals surface area contributed by atoms with Crippen LogP contribution < -0.4 is 10.2 Å². The molecule has 1 aliphatic carbocycles. The zero-order chi connectivity index (χ0) is 13.6. The second-order valence-corrected chi connectivity index (χ2v) is 6.21. The van der Waals surface area contributed by atoms with E-state index in [1.165, 1.54) is 18.4 Å². The molecule has 5 heteroatoms. The fourth-order valence-corrected chi connectivity index (χ4v) is 3.50. The Morgan fingerprint density at radius 1 is 1.38 bits per heavy atom. The molecule has 1 saturated carbocycles. The van der Waals surface area contributed by atoms with Crippen LogP contribution in [0.4, 0.5) is 5.69 Å². The Bertz CT molecular complexity index is 539. The van der Waals surface area contributed by atoms with Crippen LogP contribution in [0.15, 0.2) is 24.3 Å². The van der Waals surface area contributed by atoms with E-state index in [1.54, 1.807) is 0 Å². The van der Waals surface area contributed by atoms with Gasteiger partial charge in [-0.05, 0) is 24.5 Å². The first-order valence-electron chi connectivity index (χ1n) is 7.50. The van der Waals surface area contributed by atoms with E-state index in [1.807, 2.05) is 11.0 Å². The number of ether oxygens (including phenoxy) is 1. The fourth-order valence-electron chi connectivity index (χ4n) is 3.50. The Morgan fingerprint density at radius 3 is 2.90 bits per heavy atom. The highest BCUT2D eigenvalue weighted by molar-refractivity contribution is 5.97. The van der Waals surface area contributed by atoms with Gasteiger partial charge in [0.1, 0.15) is 0 Å². The molecule has 4 nitrogen and oxygen atoms in total. The van der Waals surface area contributed by atoms with Crippen LogP contribution in [0.1, 0.15) is 24.8 Å². The van der Waals surface area contributed by atoms with Crippen LogP contribution in [0, 0.1) is 0 Å². The molecule has 114 valence electrons. The van der Waals surface area contributed by atoms with Gasteiger partial charge in [-0.3, -0.25) is 4.79 Å². The fraction of sp³-hybridized carbons (Fsp3) is 0.562. The number of nitrogens with zero attached hydrogens (tertiary/aromatic N) is 1. The number of carbonyl (C=O) groups excluding carboxylic acids is 1. The molecule has 0 aromatic heterocycles. The Kier molecular flexibility index (Phi) is 3.95. The second-order valence-electron chi connectivity index (χ2n) is 6.21. The molecule has 21 heavy (non-hydrogen) atoms. The van der Waals surface area contributed by atoms with Gasteiger partial charge in [0, 0.05) is 36.7 Å². The predicted molar refractivity (Wildman–Crippen MR) is 84.2 cm³/mol. The molecule has 1 amide bonds. The third-order valence-corrected chi connectivity index (χ3v) is 4.80. The van der Waals surface area contributed by atoms with Gasteiger partial charge in [0.2, 0.25) is 5.91 Å². The number of hydrogen-bond acceptors (Lipinski definition) is 3.